The zero-order valence-electron chi connectivity index (χ0n) is 12.6. The van der Waals surface area contributed by atoms with Gasteiger partial charge in [0.15, 0.2) is 0 Å². The van der Waals surface area contributed by atoms with Crippen molar-refractivity contribution in [3.63, 3.8) is 0 Å². The van der Waals surface area contributed by atoms with Crippen LogP contribution in [0.3, 0.4) is 0 Å². The lowest BCUT2D eigenvalue weighted by atomic mass is 9.93. The van der Waals surface area contributed by atoms with Gasteiger partial charge in [-0.2, -0.15) is 0 Å². The molecule has 2 heterocycles. The van der Waals surface area contributed by atoms with Crippen LogP contribution in [0.5, 0.6) is 0 Å². The fourth-order valence-electron chi connectivity index (χ4n) is 2.44. The Morgan fingerprint density at radius 1 is 1.25 bits per heavy atom. The lowest BCUT2D eigenvalue weighted by Crippen LogP contribution is -2.52. The van der Waals surface area contributed by atoms with Crippen LogP contribution in [-0.4, -0.2) is 56.5 Å². The van der Waals surface area contributed by atoms with E-state index in [0.717, 1.165) is 11.5 Å². The molecular formula is C14H25NO3S2. The molecule has 116 valence electrons. The van der Waals surface area contributed by atoms with E-state index in [1.807, 2.05) is 44.3 Å². The molecule has 2 rings (SSSR count). The first-order chi connectivity index (χ1) is 9.30. The third kappa shape index (κ3) is 4.21. The number of hydrogen-bond acceptors (Lipinski definition) is 5. The van der Waals surface area contributed by atoms with Crippen LogP contribution in [0.2, 0.25) is 0 Å². The van der Waals surface area contributed by atoms with Gasteiger partial charge in [-0.3, -0.25) is 0 Å². The summed E-state index contributed by atoms with van der Waals surface area (Å²) in [6, 6.07) is 0. The number of piperidine rings is 1. The molecule has 6 heteroatoms. The van der Waals surface area contributed by atoms with E-state index in [9.17, 15) is 9.90 Å². The van der Waals surface area contributed by atoms with Crippen LogP contribution in [-0.2, 0) is 4.74 Å². The number of aliphatic hydroxyl groups is 1. The Labute approximate surface area is 130 Å². The SMILES string of the molecule is CC(C)(C)OC(=O)N1CCC(O)(C2SCCCS2)CC1. The normalized spacial score (nSPS) is 24.5. The predicted molar refractivity (Wildman–Crippen MR) is 85.3 cm³/mol. The molecule has 4 nitrogen and oxygen atoms in total. The van der Waals surface area contributed by atoms with E-state index in [2.05, 4.69) is 0 Å². The van der Waals surface area contributed by atoms with Gasteiger partial charge in [0, 0.05) is 13.1 Å². The van der Waals surface area contributed by atoms with Gasteiger partial charge < -0.3 is 14.7 Å². The Morgan fingerprint density at radius 2 is 1.80 bits per heavy atom. The first-order valence-electron chi connectivity index (χ1n) is 7.24. The van der Waals surface area contributed by atoms with Crippen LogP contribution >= 0.6 is 23.5 Å². The molecule has 0 atom stereocenters. The third-order valence-corrected chi connectivity index (χ3v) is 6.90. The molecule has 0 unspecified atom stereocenters. The van der Waals surface area contributed by atoms with E-state index in [1.54, 1.807) is 4.90 Å². The van der Waals surface area contributed by atoms with Gasteiger partial charge in [0.2, 0.25) is 0 Å². The van der Waals surface area contributed by atoms with E-state index in [-0.39, 0.29) is 10.7 Å². The van der Waals surface area contributed by atoms with E-state index in [1.165, 1.54) is 6.42 Å². The minimum absolute atomic E-state index is 0.261. The highest BCUT2D eigenvalue weighted by Crippen LogP contribution is 2.42. The highest BCUT2D eigenvalue weighted by molar-refractivity contribution is 8.17. The molecule has 0 spiro atoms. The van der Waals surface area contributed by atoms with Gasteiger partial charge >= 0.3 is 6.09 Å². The fraction of sp³-hybridized carbons (Fsp3) is 0.929. The number of thioether (sulfide) groups is 2. The topological polar surface area (TPSA) is 49.8 Å². The fourth-order valence-corrected chi connectivity index (χ4v) is 5.72. The number of likely N-dealkylation sites (tertiary alicyclic amines) is 1. The highest BCUT2D eigenvalue weighted by Gasteiger charge is 2.42. The molecule has 0 saturated carbocycles. The number of hydrogen-bond donors (Lipinski definition) is 1. The van der Waals surface area contributed by atoms with Crippen LogP contribution in [0.1, 0.15) is 40.0 Å². The lowest BCUT2D eigenvalue weighted by molar-refractivity contribution is -0.0228. The zero-order valence-corrected chi connectivity index (χ0v) is 14.2. The Bertz CT molecular complexity index is 343. The molecule has 1 amide bonds. The molecule has 0 aromatic heterocycles. The van der Waals surface area contributed by atoms with E-state index < -0.39 is 11.2 Å². The minimum Gasteiger partial charge on any atom is -0.444 e. The summed E-state index contributed by atoms with van der Waals surface area (Å²) in [4.78, 5) is 13.7. The number of amides is 1. The summed E-state index contributed by atoms with van der Waals surface area (Å²) in [5.74, 6) is 2.27. The molecule has 0 aromatic carbocycles. The number of carbonyl (C=O) groups excluding carboxylic acids is 1. The largest absolute Gasteiger partial charge is 0.444 e. The van der Waals surface area contributed by atoms with Crippen molar-refractivity contribution < 1.29 is 14.6 Å². The second-order valence-electron chi connectivity index (χ2n) is 6.50. The molecule has 0 radical (unpaired) electrons. The Morgan fingerprint density at radius 3 is 2.30 bits per heavy atom. The molecule has 1 N–H and O–H groups in total. The quantitative estimate of drug-likeness (QED) is 0.805. The maximum absolute atomic E-state index is 12.0. The van der Waals surface area contributed by atoms with Crippen LogP contribution < -0.4 is 0 Å². The van der Waals surface area contributed by atoms with Gasteiger partial charge in [-0.05, 0) is 51.5 Å². The Balaban J connectivity index is 1.86. The number of ether oxygens (including phenoxy) is 1. The smallest absolute Gasteiger partial charge is 0.410 e. The summed E-state index contributed by atoms with van der Waals surface area (Å²) in [5.41, 5.74) is -1.09. The Kier molecular flexibility index (Phi) is 5.19. The molecule has 2 aliphatic heterocycles. The second-order valence-corrected chi connectivity index (χ2v) is 9.22. The molecule has 0 aliphatic carbocycles. The molecule has 2 aliphatic rings. The van der Waals surface area contributed by atoms with Gasteiger partial charge in [0.25, 0.3) is 0 Å². The van der Waals surface area contributed by atoms with Crippen molar-refractivity contribution in [1.82, 2.24) is 4.90 Å². The molecule has 0 bridgehead atoms. The van der Waals surface area contributed by atoms with Gasteiger partial charge in [0.05, 0.1) is 10.2 Å². The first-order valence-corrected chi connectivity index (χ1v) is 9.33. The van der Waals surface area contributed by atoms with Crippen molar-refractivity contribution in [3.05, 3.63) is 0 Å². The van der Waals surface area contributed by atoms with Crippen LogP contribution in [0.15, 0.2) is 0 Å². The maximum atomic E-state index is 12.0. The van der Waals surface area contributed by atoms with Gasteiger partial charge in [-0.25, -0.2) is 4.79 Å². The highest BCUT2D eigenvalue weighted by atomic mass is 32.2. The molecule has 2 saturated heterocycles. The first kappa shape index (κ1) is 16.3. The van der Waals surface area contributed by atoms with Crippen molar-refractivity contribution in [3.8, 4) is 0 Å². The lowest BCUT2D eigenvalue weighted by Gasteiger charge is -2.43. The van der Waals surface area contributed by atoms with Crippen LogP contribution in [0, 0.1) is 0 Å². The Hall–Kier alpha value is -0.0700. The number of carbonyl (C=O) groups is 1. The van der Waals surface area contributed by atoms with E-state index >= 15 is 0 Å². The summed E-state index contributed by atoms with van der Waals surface area (Å²) < 4.78 is 5.65. The van der Waals surface area contributed by atoms with E-state index in [4.69, 9.17) is 4.74 Å². The monoisotopic (exact) mass is 319 g/mol. The van der Waals surface area contributed by atoms with Gasteiger partial charge in [0.1, 0.15) is 5.60 Å². The molecule has 2 fully saturated rings. The average molecular weight is 319 g/mol. The van der Waals surface area contributed by atoms with Crippen molar-refractivity contribution in [1.29, 1.82) is 0 Å². The van der Waals surface area contributed by atoms with Gasteiger partial charge in [-0.15, -0.1) is 23.5 Å². The summed E-state index contributed by atoms with van der Waals surface area (Å²) >= 11 is 3.73. The standard InChI is InChI=1S/C14H25NO3S2/c1-13(2,3)18-12(16)15-7-5-14(17,6-8-15)11-19-9-4-10-20-11/h11,17H,4-10H2,1-3H3. The number of nitrogens with zero attached hydrogens (tertiary/aromatic N) is 1. The van der Waals surface area contributed by atoms with Crippen molar-refractivity contribution in [2.45, 2.75) is 55.8 Å². The van der Waals surface area contributed by atoms with Gasteiger partial charge in [-0.1, -0.05) is 0 Å². The van der Waals surface area contributed by atoms with Crippen molar-refractivity contribution in [2.75, 3.05) is 24.6 Å². The van der Waals surface area contributed by atoms with Crippen LogP contribution in [0.4, 0.5) is 4.79 Å². The zero-order chi connectivity index (χ0) is 14.8. The predicted octanol–water partition coefficient (Wildman–Crippen LogP) is 2.94. The summed E-state index contributed by atoms with van der Waals surface area (Å²) in [5, 5.41) is 10.8. The summed E-state index contributed by atoms with van der Waals surface area (Å²) in [7, 11) is 0. The molecule has 0 aromatic rings. The van der Waals surface area contributed by atoms with Crippen molar-refractivity contribution in [2.24, 2.45) is 0 Å². The second kappa shape index (κ2) is 6.36. The number of rotatable bonds is 1. The summed E-state index contributed by atoms with van der Waals surface area (Å²) in [6.07, 6.45) is 2.27. The van der Waals surface area contributed by atoms with E-state index in [0.29, 0.717) is 25.9 Å². The van der Waals surface area contributed by atoms with Crippen LogP contribution in [0.25, 0.3) is 0 Å². The molecule has 20 heavy (non-hydrogen) atoms. The summed E-state index contributed by atoms with van der Waals surface area (Å²) in [6.45, 7) is 6.80. The third-order valence-electron chi connectivity index (χ3n) is 3.55. The van der Waals surface area contributed by atoms with Crippen molar-refractivity contribution >= 4 is 29.6 Å². The maximum Gasteiger partial charge on any atom is 0.410 e. The molecular weight excluding hydrogens is 294 g/mol. The average Bonchev–Trinajstić information content (AvgIpc) is 2.38. The minimum atomic E-state index is -0.631.